The molecule has 4 aliphatic heterocycles. The van der Waals surface area contributed by atoms with Gasteiger partial charge in [0.05, 0.1) is 48.7 Å². The fourth-order valence-electron chi connectivity index (χ4n) is 9.69. The second-order valence-electron chi connectivity index (χ2n) is 15.9. The minimum Gasteiger partial charge on any atom is -0.434 e. The summed E-state index contributed by atoms with van der Waals surface area (Å²) >= 11 is 0. The summed E-state index contributed by atoms with van der Waals surface area (Å²) in [7, 11) is 0. The second-order valence-corrected chi connectivity index (χ2v) is 15.9. The Bertz CT molecular complexity index is 1180. The van der Waals surface area contributed by atoms with Crippen molar-refractivity contribution >= 4 is 23.9 Å². The third kappa shape index (κ3) is 7.38. The summed E-state index contributed by atoms with van der Waals surface area (Å²) in [5.41, 5.74) is 4.96. The Kier molecular flexibility index (Phi) is 11.4. The lowest BCUT2D eigenvalue weighted by atomic mass is 9.85. The van der Waals surface area contributed by atoms with Crippen LogP contribution in [0.15, 0.2) is 47.3 Å². The standard InChI is InChI=1S/4C10H14O2/c4*1-6-3-4-8-7(2)5-12-10(11)9(6)8/h4*5-6,8-9H,3-4H2,1-2H3/t4*6-,8+,9+/m0000/s1. The molecule has 0 aromatic heterocycles. The summed E-state index contributed by atoms with van der Waals surface area (Å²) in [5, 5.41) is 0. The quantitative estimate of drug-likeness (QED) is 0.188. The van der Waals surface area contributed by atoms with Gasteiger partial charge in [-0.3, -0.25) is 19.2 Å². The molecule has 8 rings (SSSR count). The predicted molar refractivity (Wildman–Crippen MR) is 181 cm³/mol. The number of allylic oxidation sites excluding steroid dienone is 4. The molecule has 0 aromatic carbocycles. The predicted octanol–water partition coefficient (Wildman–Crippen LogP) is 8.44. The van der Waals surface area contributed by atoms with Crippen LogP contribution >= 0.6 is 0 Å². The van der Waals surface area contributed by atoms with E-state index in [1.165, 1.54) is 22.3 Å². The summed E-state index contributed by atoms with van der Waals surface area (Å²) in [6.07, 6.45) is 15.8. The van der Waals surface area contributed by atoms with E-state index >= 15 is 0 Å². The molecule has 4 aliphatic carbocycles. The molecule has 0 saturated heterocycles. The van der Waals surface area contributed by atoms with E-state index in [-0.39, 0.29) is 47.5 Å². The zero-order chi connectivity index (χ0) is 34.9. The molecule has 0 amide bonds. The van der Waals surface area contributed by atoms with Crippen LogP contribution in [0.2, 0.25) is 0 Å². The topological polar surface area (TPSA) is 105 Å². The van der Waals surface area contributed by atoms with Gasteiger partial charge in [-0.2, -0.15) is 0 Å². The molecular formula is C40H56O8. The first-order valence-corrected chi connectivity index (χ1v) is 18.3. The average molecular weight is 665 g/mol. The van der Waals surface area contributed by atoms with Gasteiger partial charge in [-0.15, -0.1) is 0 Å². The van der Waals surface area contributed by atoms with Crippen molar-refractivity contribution in [3.8, 4) is 0 Å². The molecule has 48 heavy (non-hydrogen) atoms. The minimum atomic E-state index is -0.0180. The maximum absolute atomic E-state index is 11.4. The molecule has 0 bridgehead atoms. The van der Waals surface area contributed by atoms with E-state index in [1.54, 1.807) is 25.0 Å². The molecule has 4 fully saturated rings. The van der Waals surface area contributed by atoms with Gasteiger partial charge in [0.15, 0.2) is 0 Å². The van der Waals surface area contributed by atoms with Gasteiger partial charge in [0.2, 0.25) is 0 Å². The van der Waals surface area contributed by atoms with Crippen molar-refractivity contribution in [1.29, 1.82) is 0 Å². The summed E-state index contributed by atoms with van der Waals surface area (Å²) in [4.78, 5) is 45.5. The highest BCUT2D eigenvalue weighted by Crippen LogP contribution is 2.46. The Morgan fingerprint density at radius 3 is 0.729 bits per heavy atom. The van der Waals surface area contributed by atoms with E-state index in [4.69, 9.17) is 18.9 Å². The summed E-state index contributed by atoms with van der Waals surface area (Å²) in [6.45, 7) is 16.8. The van der Waals surface area contributed by atoms with E-state index < -0.39 is 0 Å². The SMILES string of the molecule is CC1=COC(=O)[C@H]2[C@@H]1CC[C@@H]2C.CC1=COC(=O)[C@H]2[C@@H]1CC[C@@H]2C.CC1=COC(=O)[C@H]2[C@@H]1CC[C@@H]2C.CC1=COC(=O)[C@H]2[C@@H]1CC[C@@H]2C. The fraction of sp³-hybridized carbons (Fsp3) is 0.700. The Morgan fingerprint density at radius 2 is 0.562 bits per heavy atom. The van der Waals surface area contributed by atoms with Crippen LogP contribution in [-0.2, 0) is 38.1 Å². The average Bonchev–Trinajstić information content (AvgIpc) is 3.85. The summed E-state index contributed by atoms with van der Waals surface area (Å²) in [5.74, 6) is 4.44. The van der Waals surface area contributed by atoms with Crippen LogP contribution in [-0.4, -0.2) is 23.9 Å². The lowest BCUT2D eigenvalue weighted by Crippen LogP contribution is -2.28. The van der Waals surface area contributed by atoms with Crippen LogP contribution < -0.4 is 0 Å². The highest BCUT2D eigenvalue weighted by molar-refractivity contribution is 5.77. The van der Waals surface area contributed by atoms with Crippen LogP contribution in [0.25, 0.3) is 0 Å². The highest BCUT2D eigenvalue weighted by atomic mass is 16.5. The third-order valence-electron chi connectivity index (χ3n) is 12.8. The van der Waals surface area contributed by atoms with Crippen molar-refractivity contribution in [1.82, 2.24) is 0 Å². The third-order valence-corrected chi connectivity index (χ3v) is 12.8. The van der Waals surface area contributed by atoms with Crippen LogP contribution in [0.1, 0.15) is 107 Å². The molecule has 4 heterocycles. The van der Waals surface area contributed by atoms with Crippen molar-refractivity contribution < 1.29 is 38.1 Å². The number of hydrogen-bond donors (Lipinski definition) is 0. The van der Waals surface area contributed by atoms with Crippen molar-refractivity contribution in [2.75, 3.05) is 0 Å². The lowest BCUT2D eigenvalue weighted by Gasteiger charge is -2.25. The smallest absolute Gasteiger partial charge is 0.314 e. The molecule has 0 spiro atoms. The molecule has 0 radical (unpaired) electrons. The van der Waals surface area contributed by atoms with Crippen molar-refractivity contribution in [3.05, 3.63) is 47.3 Å². The van der Waals surface area contributed by atoms with Crippen LogP contribution in [0.4, 0.5) is 0 Å². The Morgan fingerprint density at radius 1 is 0.375 bits per heavy atom. The van der Waals surface area contributed by atoms with Gasteiger partial charge in [-0.05, 0) is 149 Å². The normalized spacial score (nSPS) is 40.3. The Balaban J connectivity index is 0.000000125. The summed E-state index contributed by atoms with van der Waals surface area (Å²) < 4.78 is 19.9. The molecule has 8 heteroatoms. The molecule has 0 aromatic rings. The van der Waals surface area contributed by atoms with Gasteiger partial charge in [-0.1, -0.05) is 27.7 Å². The first-order valence-electron chi connectivity index (χ1n) is 18.3. The molecule has 264 valence electrons. The minimum absolute atomic E-state index is 0.0180. The van der Waals surface area contributed by atoms with E-state index in [0.29, 0.717) is 47.3 Å². The van der Waals surface area contributed by atoms with Gasteiger partial charge in [0.25, 0.3) is 0 Å². The van der Waals surface area contributed by atoms with Crippen molar-refractivity contribution in [3.63, 3.8) is 0 Å². The largest absolute Gasteiger partial charge is 0.434 e. The Hall–Kier alpha value is -3.16. The number of hydrogen-bond acceptors (Lipinski definition) is 8. The molecular weight excluding hydrogens is 608 g/mol. The molecule has 0 N–H and O–H groups in total. The number of esters is 4. The zero-order valence-electron chi connectivity index (χ0n) is 30.2. The number of fused-ring (bicyclic) bond motifs is 4. The van der Waals surface area contributed by atoms with Gasteiger partial charge in [0.1, 0.15) is 0 Å². The first-order chi connectivity index (χ1) is 22.8. The zero-order valence-corrected chi connectivity index (χ0v) is 30.2. The van der Waals surface area contributed by atoms with E-state index in [1.807, 2.05) is 0 Å². The van der Waals surface area contributed by atoms with Gasteiger partial charge in [-0.25, -0.2) is 0 Å². The first kappa shape index (κ1) is 36.1. The van der Waals surface area contributed by atoms with Crippen molar-refractivity contribution in [2.24, 2.45) is 71.0 Å². The van der Waals surface area contributed by atoms with E-state index in [0.717, 1.165) is 51.4 Å². The van der Waals surface area contributed by atoms with Gasteiger partial charge < -0.3 is 18.9 Å². The molecule has 8 nitrogen and oxygen atoms in total. The monoisotopic (exact) mass is 664 g/mol. The second kappa shape index (κ2) is 15.2. The molecule has 4 saturated carbocycles. The maximum atomic E-state index is 11.4. The van der Waals surface area contributed by atoms with E-state index in [9.17, 15) is 19.2 Å². The number of cyclic esters (lactones) is 4. The fourth-order valence-corrected chi connectivity index (χ4v) is 9.69. The summed E-state index contributed by atoms with van der Waals surface area (Å²) in [6, 6.07) is 0. The number of carbonyl (C=O) groups is 4. The molecule has 8 aliphatic rings. The Labute approximate surface area is 286 Å². The van der Waals surface area contributed by atoms with Crippen molar-refractivity contribution in [2.45, 2.75) is 107 Å². The molecule has 12 atom stereocenters. The number of ether oxygens (including phenoxy) is 4. The highest BCUT2D eigenvalue weighted by Gasteiger charge is 2.45. The number of rotatable bonds is 0. The lowest BCUT2D eigenvalue weighted by molar-refractivity contribution is -0.147. The van der Waals surface area contributed by atoms with Gasteiger partial charge >= 0.3 is 23.9 Å². The van der Waals surface area contributed by atoms with Gasteiger partial charge in [0, 0.05) is 0 Å². The maximum Gasteiger partial charge on any atom is 0.314 e. The number of carbonyl (C=O) groups excluding carboxylic acids is 4. The van der Waals surface area contributed by atoms with Crippen LogP contribution in [0.5, 0.6) is 0 Å². The van der Waals surface area contributed by atoms with Crippen LogP contribution in [0, 0.1) is 71.0 Å². The van der Waals surface area contributed by atoms with Crippen LogP contribution in [0.3, 0.4) is 0 Å². The molecule has 0 unspecified atom stereocenters. The van der Waals surface area contributed by atoms with E-state index in [2.05, 4.69) is 55.4 Å².